The maximum atomic E-state index is 13.1. The van der Waals surface area contributed by atoms with Crippen LogP contribution in [0.5, 0.6) is 0 Å². The number of carbonyl (C=O) groups excluding carboxylic acids is 1. The Kier molecular flexibility index (Phi) is 5.04. The molecule has 3 rings (SSSR count). The summed E-state index contributed by atoms with van der Waals surface area (Å²) in [6.45, 7) is 0. The number of benzene rings is 2. The van der Waals surface area contributed by atoms with Gasteiger partial charge in [-0.2, -0.15) is 13.2 Å². The zero-order chi connectivity index (χ0) is 18.0. The first-order valence-electron chi connectivity index (χ1n) is 8.09. The minimum Gasteiger partial charge on any atom is -0.349 e. The predicted molar refractivity (Wildman–Crippen MR) is 90.7 cm³/mol. The molecule has 1 saturated carbocycles. The zero-order valence-corrected chi connectivity index (χ0v) is 14.1. The summed E-state index contributed by atoms with van der Waals surface area (Å²) in [5, 5.41) is 3.43. The molecule has 2 atom stereocenters. The normalized spacial score (nSPS) is 20.5. The van der Waals surface area contributed by atoms with Gasteiger partial charge in [-0.25, -0.2) is 0 Å². The van der Waals surface area contributed by atoms with Gasteiger partial charge in [0.1, 0.15) is 0 Å². The minimum atomic E-state index is -4.56. The highest BCUT2D eigenvalue weighted by Gasteiger charge is 2.36. The van der Waals surface area contributed by atoms with Crippen molar-refractivity contribution in [3.63, 3.8) is 0 Å². The Morgan fingerprint density at radius 1 is 1.04 bits per heavy atom. The Morgan fingerprint density at radius 3 is 2.40 bits per heavy atom. The van der Waals surface area contributed by atoms with Crippen molar-refractivity contribution in [1.29, 1.82) is 0 Å². The van der Waals surface area contributed by atoms with Gasteiger partial charge in [0, 0.05) is 17.0 Å². The van der Waals surface area contributed by atoms with Crippen LogP contribution in [0.4, 0.5) is 13.2 Å². The summed E-state index contributed by atoms with van der Waals surface area (Å²) in [6.07, 6.45) is -2.01. The van der Waals surface area contributed by atoms with E-state index in [0.29, 0.717) is 5.02 Å². The van der Waals surface area contributed by atoms with Gasteiger partial charge in [0.25, 0.3) is 5.91 Å². The van der Waals surface area contributed by atoms with Gasteiger partial charge in [-0.05, 0) is 42.7 Å². The van der Waals surface area contributed by atoms with E-state index < -0.39 is 17.6 Å². The first-order chi connectivity index (χ1) is 11.9. The van der Waals surface area contributed by atoms with E-state index in [0.717, 1.165) is 30.9 Å². The van der Waals surface area contributed by atoms with Gasteiger partial charge in [0.2, 0.25) is 0 Å². The van der Waals surface area contributed by atoms with Crippen molar-refractivity contribution >= 4 is 17.5 Å². The molecule has 1 fully saturated rings. The van der Waals surface area contributed by atoms with E-state index in [1.54, 1.807) is 12.1 Å². The fraction of sp³-hybridized carbons (Fsp3) is 0.316. The topological polar surface area (TPSA) is 29.1 Å². The standard InChI is InChI=1S/C19H17ClF3NO/c20-13-10-8-12(9-11-13)14-5-3-7-17(14)24-18(25)15-4-1-2-6-16(15)19(21,22)23/h1-2,4,6,8-11,14,17H,3,5,7H2,(H,24,25)/t14-,17+/m1/s1. The van der Waals surface area contributed by atoms with E-state index in [1.165, 1.54) is 18.2 Å². The van der Waals surface area contributed by atoms with Crippen molar-refractivity contribution in [1.82, 2.24) is 5.32 Å². The number of rotatable bonds is 3. The van der Waals surface area contributed by atoms with Crippen LogP contribution >= 0.6 is 11.6 Å². The Hall–Kier alpha value is -2.01. The number of hydrogen-bond acceptors (Lipinski definition) is 1. The summed E-state index contributed by atoms with van der Waals surface area (Å²) in [5.74, 6) is -0.599. The third-order valence-corrected chi connectivity index (χ3v) is 4.86. The molecule has 1 aliphatic rings. The highest BCUT2D eigenvalue weighted by atomic mass is 35.5. The average molecular weight is 368 g/mol. The largest absolute Gasteiger partial charge is 0.417 e. The van der Waals surface area contributed by atoms with E-state index >= 15 is 0 Å². The fourth-order valence-corrected chi connectivity index (χ4v) is 3.54. The molecular formula is C19H17ClF3NO. The quantitative estimate of drug-likeness (QED) is 0.770. The van der Waals surface area contributed by atoms with E-state index in [1.807, 2.05) is 12.1 Å². The lowest BCUT2D eigenvalue weighted by Gasteiger charge is -2.22. The average Bonchev–Trinajstić information content (AvgIpc) is 3.03. The summed E-state index contributed by atoms with van der Waals surface area (Å²) >= 11 is 5.90. The molecule has 0 aromatic heterocycles. The van der Waals surface area contributed by atoms with Crippen molar-refractivity contribution in [2.75, 3.05) is 0 Å². The molecule has 0 bridgehead atoms. The lowest BCUT2D eigenvalue weighted by Crippen LogP contribution is -2.37. The maximum absolute atomic E-state index is 13.1. The molecule has 2 nitrogen and oxygen atoms in total. The maximum Gasteiger partial charge on any atom is 0.417 e. The van der Waals surface area contributed by atoms with Gasteiger partial charge in [-0.15, -0.1) is 0 Å². The van der Waals surface area contributed by atoms with Gasteiger partial charge < -0.3 is 5.32 Å². The van der Waals surface area contributed by atoms with Crippen molar-refractivity contribution in [2.24, 2.45) is 0 Å². The lowest BCUT2D eigenvalue weighted by atomic mass is 9.93. The molecule has 132 valence electrons. The second-order valence-electron chi connectivity index (χ2n) is 6.21. The summed E-state index contributed by atoms with van der Waals surface area (Å²) in [7, 11) is 0. The molecule has 0 saturated heterocycles. The second kappa shape index (κ2) is 7.08. The van der Waals surface area contributed by atoms with E-state index in [4.69, 9.17) is 11.6 Å². The SMILES string of the molecule is O=C(N[C@H]1CCC[C@@H]1c1ccc(Cl)cc1)c1ccccc1C(F)(F)F. The van der Waals surface area contributed by atoms with Gasteiger partial charge in [0.15, 0.2) is 0 Å². The molecule has 0 spiro atoms. The third-order valence-electron chi connectivity index (χ3n) is 4.61. The van der Waals surface area contributed by atoms with Gasteiger partial charge in [-0.3, -0.25) is 4.79 Å². The minimum absolute atomic E-state index is 0.0827. The van der Waals surface area contributed by atoms with Crippen LogP contribution in [0.2, 0.25) is 5.02 Å². The number of carbonyl (C=O) groups is 1. The number of hydrogen-bond donors (Lipinski definition) is 1. The van der Waals surface area contributed by atoms with E-state index in [-0.39, 0.29) is 17.5 Å². The van der Waals surface area contributed by atoms with Crippen LogP contribution in [-0.4, -0.2) is 11.9 Å². The Balaban J connectivity index is 1.80. The van der Waals surface area contributed by atoms with Crippen molar-refractivity contribution in [2.45, 2.75) is 37.4 Å². The monoisotopic (exact) mass is 367 g/mol. The molecule has 1 aliphatic carbocycles. The summed E-state index contributed by atoms with van der Waals surface area (Å²) in [6, 6.07) is 12.1. The first-order valence-corrected chi connectivity index (χ1v) is 8.46. The number of amides is 1. The molecule has 6 heteroatoms. The van der Waals surface area contributed by atoms with Crippen molar-refractivity contribution in [3.05, 3.63) is 70.2 Å². The van der Waals surface area contributed by atoms with Crippen molar-refractivity contribution in [3.8, 4) is 0 Å². The van der Waals surface area contributed by atoms with Crippen LogP contribution in [0.1, 0.15) is 46.7 Å². The highest BCUT2D eigenvalue weighted by Crippen LogP contribution is 2.36. The molecule has 0 heterocycles. The summed E-state index contributed by atoms with van der Waals surface area (Å²) in [5.41, 5.74) is -0.207. The first kappa shape index (κ1) is 17.8. The van der Waals surface area contributed by atoms with Crippen molar-refractivity contribution < 1.29 is 18.0 Å². The molecule has 1 amide bonds. The summed E-state index contributed by atoms with van der Waals surface area (Å²) < 4.78 is 39.3. The molecule has 2 aromatic carbocycles. The second-order valence-corrected chi connectivity index (χ2v) is 6.65. The zero-order valence-electron chi connectivity index (χ0n) is 13.3. The van der Waals surface area contributed by atoms with Crippen LogP contribution in [0.15, 0.2) is 48.5 Å². The Morgan fingerprint density at radius 2 is 1.72 bits per heavy atom. The van der Waals surface area contributed by atoms with Gasteiger partial charge >= 0.3 is 6.18 Å². The fourth-order valence-electron chi connectivity index (χ4n) is 3.42. The van der Waals surface area contributed by atoms with Crippen LogP contribution in [0.3, 0.4) is 0 Å². The smallest absolute Gasteiger partial charge is 0.349 e. The molecule has 0 radical (unpaired) electrons. The molecule has 0 aliphatic heterocycles. The third kappa shape index (κ3) is 3.98. The van der Waals surface area contributed by atoms with E-state index in [2.05, 4.69) is 5.32 Å². The Labute approximate surface area is 149 Å². The molecule has 25 heavy (non-hydrogen) atoms. The molecule has 1 N–H and O–H groups in total. The van der Waals surface area contributed by atoms with E-state index in [9.17, 15) is 18.0 Å². The van der Waals surface area contributed by atoms with Crippen LogP contribution in [-0.2, 0) is 6.18 Å². The number of halogens is 4. The number of nitrogens with one attached hydrogen (secondary N) is 1. The van der Waals surface area contributed by atoms with Crippen LogP contribution < -0.4 is 5.32 Å². The summed E-state index contributed by atoms with van der Waals surface area (Å²) in [4.78, 5) is 12.5. The lowest BCUT2D eigenvalue weighted by molar-refractivity contribution is -0.137. The van der Waals surface area contributed by atoms with Gasteiger partial charge in [0.05, 0.1) is 11.1 Å². The highest BCUT2D eigenvalue weighted by molar-refractivity contribution is 6.30. The van der Waals surface area contributed by atoms with Gasteiger partial charge in [-0.1, -0.05) is 42.3 Å². The van der Waals surface area contributed by atoms with Crippen LogP contribution in [0.25, 0.3) is 0 Å². The number of alkyl halides is 3. The molecular weight excluding hydrogens is 351 g/mol. The van der Waals surface area contributed by atoms with Crippen LogP contribution in [0, 0.1) is 0 Å². The molecule has 0 unspecified atom stereocenters. The molecule has 2 aromatic rings. The Bertz CT molecular complexity index is 758. The predicted octanol–water partition coefficient (Wildman–Crippen LogP) is 5.42.